The monoisotopic (exact) mass is 365 g/mol. The fraction of sp³-hybridized carbons (Fsp3) is 0.316. The quantitative estimate of drug-likeness (QED) is 0.676. The maximum absolute atomic E-state index is 13.0. The normalized spacial score (nSPS) is 14.4. The maximum atomic E-state index is 13.0. The summed E-state index contributed by atoms with van der Waals surface area (Å²) in [5.74, 6) is -0.0626. The highest BCUT2D eigenvalue weighted by Gasteiger charge is 2.34. The Morgan fingerprint density at radius 2 is 1.76 bits per heavy atom. The third-order valence-electron chi connectivity index (χ3n) is 4.22. The van der Waals surface area contributed by atoms with Crippen LogP contribution in [0.3, 0.4) is 0 Å². The molecule has 25 heavy (non-hydrogen) atoms. The van der Waals surface area contributed by atoms with Gasteiger partial charge in [0, 0.05) is 17.5 Å². The van der Waals surface area contributed by atoms with Gasteiger partial charge in [-0.2, -0.15) is 13.2 Å². The summed E-state index contributed by atoms with van der Waals surface area (Å²) in [6, 6.07) is 12.6. The van der Waals surface area contributed by atoms with Crippen LogP contribution in [0.1, 0.15) is 34.3 Å². The van der Waals surface area contributed by atoms with Crippen LogP contribution in [-0.4, -0.2) is 23.1 Å². The van der Waals surface area contributed by atoms with E-state index in [0.29, 0.717) is 17.7 Å². The molecular weight excluding hydrogens is 347 g/mol. The number of carbonyl (C=O) groups excluding carboxylic acids is 1. The highest BCUT2D eigenvalue weighted by molar-refractivity contribution is 7.98. The molecule has 1 saturated carbocycles. The highest BCUT2D eigenvalue weighted by atomic mass is 32.2. The largest absolute Gasteiger partial charge is 0.416 e. The smallest absolute Gasteiger partial charge is 0.331 e. The maximum Gasteiger partial charge on any atom is 0.416 e. The molecule has 0 aliphatic heterocycles. The van der Waals surface area contributed by atoms with E-state index in [1.165, 1.54) is 23.9 Å². The van der Waals surface area contributed by atoms with Crippen molar-refractivity contribution in [3.63, 3.8) is 0 Å². The molecule has 0 radical (unpaired) electrons. The van der Waals surface area contributed by atoms with Gasteiger partial charge in [0.2, 0.25) is 0 Å². The minimum absolute atomic E-state index is 0.0626. The predicted octanol–water partition coefficient (Wildman–Crippen LogP) is 5.23. The van der Waals surface area contributed by atoms with Gasteiger partial charge in [-0.15, -0.1) is 11.8 Å². The first-order valence-electron chi connectivity index (χ1n) is 8.00. The summed E-state index contributed by atoms with van der Waals surface area (Å²) in [6.45, 7) is 0.324. The second-order valence-corrected chi connectivity index (χ2v) is 6.91. The number of nitrogens with zero attached hydrogens (tertiary/aromatic N) is 1. The van der Waals surface area contributed by atoms with Crippen LogP contribution in [0.15, 0.2) is 53.4 Å². The van der Waals surface area contributed by atoms with Crippen molar-refractivity contribution in [2.45, 2.75) is 36.5 Å². The number of thioether (sulfide) groups is 1. The number of hydrogen-bond acceptors (Lipinski definition) is 2. The van der Waals surface area contributed by atoms with Gasteiger partial charge in [0.25, 0.3) is 5.91 Å². The van der Waals surface area contributed by atoms with Gasteiger partial charge in [-0.1, -0.05) is 24.3 Å². The molecule has 0 saturated heterocycles. The molecule has 132 valence electrons. The highest BCUT2D eigenvalue weighted by Crippen LogP contribution is 2.33. The Labute approximate surface area is 149 Å². The van der Waals surface area contributed by atoms with Gasteiger partial charge in [0.15, 0.2) is 0 Å². The van der Waals surface area contributed by atoms with Gasteiger partial charge in [0.05, 0.1) is 11.1 Å². The summed E-state index contributed by atoms with van der Waals surface area (Å²) in [7, 11) is 0. The second kappa shape index (κ2) is 7.12. The number of alkyl halides is 3. The van der Waals surface area contributed by atoms with E-state index < -0.39 is 11.7 Å². The number of benzene rings is 2. The average Bonchev–Trinajstić information content (AvgIpc) is 3.43. The molecule has 3 rings (SSSR count). The SMILES string of the molecule is CSc1ccccc1C(=O)N(Cc1ccc(C(F)(F)F)cc1)C1CC1. The van der Waals surface area contributed by atoms with Crippen LogP contribution in [0.4, 0.5) is 13.2 Å². The lowest BCUT2D eigenvalue weighted by Crippen LogP contribution is -2.33. The van der Waals surface area contributed by atoms with Gasteiger partial charge in [-0.05, 0) is 48.9 Å². The fourth-order valence-corrected chi connectivity index (χ4v) is 3.31. The standard InChI is InChI=1S/C19H18F3NOS/c1-25-17-5-3-2-4-16(17)18(24)23(15-10-11-15)12-13-6-8-14(9-7-13)19(20,21)22/h2-9,15H,10-12H2,1H3. The molecule has 1 fully saturated rings. The lowest BCUT2D eigenvalue weighted by Gasteiger charge is -2.24. The summed E-state index contributed by atoms with van der Waals surface area (Å²) < 4.78 is 38.1. The Hall–Kier alpha value is -1.95. The molecule has 0 atom stereocenters. The van der Waals surface area contributed by atoms with Crippen molar-refractivity contribution in [3.8, 4) is 0 Å². The Morgan fingerprint density at radius 3 is 2.32 bits per heavy atom. The third kappa shape index (κ3) is 4.18. The second-order valence-electron chi connectivity index (χ2n) is 6.06. The molecule has 6 heteroatoms. The summed E-state index contributed by atoms with van der Waals surface area (Å²) in [4.78, 5) is 15.7. The van der Waals surface area contributed by atoms with E-state index in [2.05, 4.69) is 0 Å². The van der Waals surface area contributed by atoms with Crippen molar-refractivity contribution in [1.82, 2.24) is 4.90 Å². The molecule has 0 spiro atoms. The van der Waals surface area contributed by atoms with Crippen LogP contribution in [0.25, 0.3) is 0 Å². The van der Waals surface area contributed by atoms with Crippen LogP contribution in [-0.2, 0) is 12.7 Å². The average molecular weight is 365 g/mol. The van der Waals surface area contributed by atoms with Crippen LogP contribution < -0.4 is 0 Å². The summed E-state index contributed by atoms with van der Waals surface area (Å²) >= 11 is 1.51. The molecular formula is C19H18F3NOS. The Balaban J connectivity index is 1.81. The molecule has 1 aliphatic rings. The molecule has 1 aliphatic carbocycles. The van der Waals surface area contributed by atoms with Crippen LogP contribution in [0.5, 0.6) is 0 Å². The minimum Gasteiger partial charge on any atom is -0.331 e. The Morgan fingerprint density at radius 1 is 1.12 bits per heavy atom. The molecule has 0 N–H and O–H groups in total. The molecule has 2 nitrogen and oxygen atoms in total. The zero-order valence-corrected chi connectivity index (χ0v) is 14.5. The first-order chi connectivity index (χ1) is 11.9. The molecule has 0 unspecified atom stereocenters. The summed E-state index contributed by atoms with van der Waals surface area (Å²) in [5, 5.41) is 0. The number of hydrogen-bond donors (Lipinski definition) is 0. The van der Waals surface area contributed by atoms with Crippen molar-refractivity contribution >= 4 is 17.7 Å². The number of amides is 1. The van der Waals surface area contributed by atoms with Gasteiger partial charge in [-0.3, -0.25) is 4.79 Å². The van der Waals surface area contributed by atoms with E-state index in [9.17, 15) is 18.0 Å². The van der Waals surface area contributed by atoms with Crippen LogP contribution in [0, 0.1) is 0 Å². The van der Waals surface area contributed by atoms with E-state index in [-0.39, 0.29) is 11.9 Å². The Bertz CT molecular complexity index is 754. The number of halogens is 3. The van der Waals surface area contributed by atoms with Crippen molar-refractivity contribution in [1.29, 1.82) is 0 Å². The van der Waals surface area contributed by atoms with E-state index in [4.69, 9.17) is 0 Å². The van der Waals surface area contributed by atoms with E-state index in [0.717, 1.165) is 29.9 Å². The summed E-state index contributed by atoms with van der Waals surface area (Å²) in [5.41, 5.74) is 0.678. The van der Waals surface area contributed by atoms with E-state index in [1.54, 1.807) is 11.0 Å². The van der Waals surface area contributed by atoms with Gasteiger partial charge in [-0.25, -0.2) is 0 Å². The van der Waals surface area contributed by atoms with Crippen LogP contribution >= 0.6 is 11.8 Å². The lowest BCUT2D eigenvalue weighted by molar-refractivity contribution is -0.137. The number of rotatable bonds is 5. The predicted molar refractivity (Wildman–Crippen MR) is 92.6 cm³/mol. The van der Waals surface area contributed by atoms with Gasteiger partial charge >= 0.3 is 6.18 Å². The molecule has 2 aromatic carbocycles. The van der Waals surface area contributed by atoms with E-state index in [1.807, 2.05) is 24.5 Å². The van der Waals surface area contributed by atoms with Crippen molar-refractivity contribution in [3.05, 3.63) is 65.2 Å². The zero-order valence-electron chi connectivity index (χ0n) is 13.7. The molecule has 0 aromatic heterocycles. The van der Waals surface area contributed by atoms with Crippen LogP contribution in [0.2, 0.25) is 0 Å². The van der Waals surface area contributed by atoms with Gasteiger partial charge < -0.3 is 4.90 Å². The Kier molecular flexibility index (Phi) is 5.08. The topological polar surface area (TPSA) is 20.3 Å². The lowest BCUT2D eigenvalue weighted by atomic mass is 10.1. The third-order valence-corrected chi connectivity index (χ3v) is 5.02. The first-order valence-corrected chi connectivity index (χ1v) is 9.22. The molecule has 0 heterocycles. The molecule has 1 amide bonds. The first kappa shape index (κ1) is 17.9. The van der Waals surface area contributed by atoms with Crippen molar-refractivity contribution in [2.24, 2.45) is 0 Å². The van der Waals surface area contributed by atoms with Gasteiger partial charge in [0.1, 0.15) is 0 Å². The molecule has 2 aromatic rings. The van der Waals surface area contributed by atoms with Crippen molar-refractivity contribution < 1.29 is 18.0 Å². The number of carbonyl (C=O) groups is 1. The van der Waals surface area contributed by atoms with E-state index >= 15 is 0 Å². The zero-order chi connectivity index (χ0) is 18.0. The molecule has 0 bridgehead atoms. The summed E-state index contributed by atoms with van der Waals surface area (Å²) in [6.07, 6.45) is -0.549. The minimum atomic E-state index is -4.35. The van der Waals surface area contributed by atoms with Crippen molar-refractivity contribution in [2.75, 3.05) is 6.26 Å². The fourth-order valence-electron chi connectivity index (χ4n) is 2.72.